The molecule has 1 aliphatic rings. The van der Waals surface area contributed by atoms with Crippen molar-refractivity contribution < 1.29 is 18.3 Å². The van der Waals surface area contributed by atoms with E-state index in [1.807, 2.05) is 0 Å². The average Bonchev–Trinajstić information content (AvgIpc) is 2.59. The summed E-state index contributed by atoms with van der Waals surface area (Å²) in [5.74, 6) is 0.641. The lowest BCUT2D eigenvalue weighted by molar-refractivity contribution is -0.287. The summed E-state index contributed by atoms with van der Waals surface area (Å²) in [6, 6.07) is 4.48. The Morgan fingerprint density at radius 2 is 1.89 bits per heavy atom. The molecular weight excluding hydrogens is 276 g/mol. The lowest BCUT2D eigenvalue weighted by Gasteiger charge is -2.15. The number of hydrogen-bond acceptors (Lipinski definition) is 3. The summed E-state index contributed by atoms with van der Waals surface area (Å²) in [5.41, 5.74) is 6.60. The highest BCUT2D eigenvalue weighted by Crippen LogP contribution is 2.45. The molecule has 3 nitrogen and oxygen atoms in total. The van der Waals surface area contributed by atoms with E-state index in [4.69, 9.17) is 5.73 Å². The van der Waals surface area contributed by atoms with Crippen LogP contribution in [-0.4, -0.2) is 6.29 Å². The molecule has 2 rings (SSSR count). The highest BCUT2D eigenvalue weighted by molar-refractivity contribution is 5.85. The van der Waals surface area contributed by atoms with E-state index in [9.17, 15) is 8.78 Å². The topological polar surface area (TPSA) is 44.5 Å². The van der Waals surface area contributed by atoms with Crippen molar-refractivity contribution in [1.29, 1.82) is 0 Å². The third kappa shape index (κ3) is 3.70. The summed E-state index contributed by atoms with van der Waals surface area (Å²) in [6.45, 7) is 4.19. The molecule has 6 heteroatoms. The number of alkyl halides is 2. The van der Waals surface area contributed by atoms with Gasteiger partial charge in [-0.1, -0.05) is 26.0 Å². The Bertz CT molecular complexity index is 441. The molecule has 108 valence electrons. The molecule has 0 aromatic heterocycles. The lowest BCUT2D eigenvalue weighted by Crippen LogP contribution is -2.26. The molecule has 1 aromatic rings. The van der Waals surface area contributed by atoms with Crippen LogP contribution in [0.15, 0.2) is 18.2 Å². The predicted octanol–water partition coefficient (Wildman–Crippen LogP) is 3.87. The van der Waals surface area contributed by atoms with Gasteiger partial charge < -0.3 is 15.2 Å². The van der Waals surface area contributed by atoms with Gasteiger partial charge in [0.15, 0.2) is 11.5 Å². The van der Waals surface area contributed by atoms with Crippen LogP contribution in [-0.2, 0) is 0 Å². The van der Waals surface area contributed by atoms with E-state index in [0.29, 0.717) is 11.5 Å². The van der Waals surface area contributed by atoms with Crippen molar-refractivity contribution in [2.24, 2.45) is 11.7 Å². The van der Waals surface area contributed by atoms with Crippen molar-refractivity contribution in [2.45, 2.75) is 39.0 Å². The molecular formula is C13H18ClF2NO2. The molecule has 0 aliphatic carbocycles. The van der Waals surface area contributed by atoms with Crippen LogP contribution in [0.2, 0.25) is 0 Å². The molecule has 0 fully saturated rings. The summed E-state index contributed by atoms with van der Waals surface area (Å²) >= 11 is 0. The number of halogens is 3. The molecule has 0 amide bonds. The van der Waals surface area contributed by atoms with Crippen LogP contribution in [0.25, 0.3) is 0 Å². The Morgan fingerprint density at radius 1 is 1.21 bits per heavy atom. The van der Waals surface area contributed by atoms with Crippen molar-refractivity contribution in [1.82, 2.24) is 0 Å². The summed E-state index contributed by atoms with van der Waals surface area (Å²) in [7, 11) is 0. The fraction of sp³-hybridized carbons (Fsp3) is 0.538. The number of benzene rings is 1. The van der Waals surface area contributed by atoms with Gasteiger partial charge in [0.25, 0.3) is 0 Å². The molecule has 19 heavy (non-hydrogen) atoms. The molecule has 2 N–H and O–H groups in total. The smallest absolute Gasteiger partial charge is 0.395 e. The zero-order valence-corrected chi connectivity index (χ0v) is 11.7. The zero-order valence-electron chi connectivity index (χ0n) is 10.9. The first-order chi connectivity index (χ1) is 8.39. The van der Waals surface area contributed by atoms with Crippen molar-refractivity contribution >= 4 is 12.4 Å². The monoisotopic (exact) mass is 293 g/mol. The number of fused-ring (bicyclic) bond motifs is 1. The Hall–Kier alpha value is -1.07. The number of rotatable bonds is 4. The predicted molar refractivity (Wildman–Crippen MR) is 70.9 cm³/mol. The van der Waals surface area contributed by atoms with Crippen LogP contribution >= 0.6 is 12.4 Å². The van der Waals surface area contributed by atoms with Gasteiger partial charge in [-0.05, 0) is 24.8 Å². The maximum atomic E-state index is 13.0. The minimum Gasteiger partial charge on any atom is -0.395 e. The zero-order chi connectivity index (χ0) is 13.3. The van der Waals surface area contributed by atoms with Gasteiger partial charge in [-0.2, -0.15) is 0 Å². The Kier molecular flexibility index (Phi) is 4.98. The number of hydrogen-bond donors (Lipinski definition) is 1. The van der Waals surface area contributed by atoms with E-state index in [2.05, 4.69) is 23.3 Å². The first-order valence-corrected chi connectivity index (χ1v) is 6.03. The fourth-order valence-corrected chi connectivity index (χ4v) is 1.95. The summed E-state index contributed by atoms with van der Waals surface area (Å²) < 4.78 is 34.9. The molecule has 0 spiro atoms. The third-order valence-corrected chi connectivity index (χ3v) is 2.91. The van der Waals surface area contributed by atoms with E-state index >= 15 is 0 Å². The van der Waals surface area contributed by atoms with Crippen LogP contribution in [0.4, 0.5) is 8.78 Å². The van der Waals surface area contributed by atoms with Crippen LogP contribution in [0, 0.1) is 5.92 Å². The minimum atomic E-state index is -3.59. The summed E-state index contributed by atoms with van der Waals surface area (Å²) in [6.07, 6.45) is -1.93. The van der Waals surface area contributed by atoms with Gasteiger partial charge in [-0.3, -0.25) is 0 Å². The molecule has 1 heterocycles. The fourth-order valence-electron chi connectivity index (χ4n) is 1.95. The first kappa shape index (κ1) is 16.0. The van der Waals surface area contributed by atoms with E-state index in [1.165, 1.54) is 6.07 Å². The first-order valence-electron chi connectivity index (χ1n) is 6.03. The molecule has 1 atom stereocenters. The second-order valence-corrected chi connectivity index (χ2v) is 4.92. The Morgan fingerprint density at radius 3 is 2.53 bits per heavy atom. The quantitative estimate of drug-likeness (QED) is 0.916. The highest BCUT2D eigenvalue weighted by Gasteiger charge is 2.44. The van der Waals surface area contributed by atoms with Crippen molar-refractivity contribution in [3.63, 3.8) is 0 Å². The molecule has 0 unspecified atom stereocenters. The lowest BCUT2D eigenvalue weighted by atomic mass is 9.97. The molecule has 1 aromatic carbocycles. The van der Waals surface area contributed by atoms with Gasteiger partial charge >= 0.3 is 6.29 Å². The summed E-state index contributed by atoms with van der Waals surface area (Å²) in [5, 5.41) is 0. The second-order valence-electron chi connectivity index (χ2n) is 4.92. The van der Waals surface area contributed by atoms with Gasteiger partial charge in [0.1, 0.15) is 0 Å². The maximum absolute atomic E-state index is 13.0. The van der Waals surface area contributed by atoms with Crippen LogP contribution < -0.4 is 15.2 Å². The summed E-state index contributed by atoms with van der Waals surface area (Å²) in [4.78, 5) is 0. The van der Waals surface area contributed by atoms with Gasteiger partial charge in [-0.15, -0.1) is 21.2 Å². The molecule has 0 saturated carbocycles. The molecule has 1 aliphatic heterocycles. The number of ether oxygens (including phenoxy) is 2. The van der Waals surface area contributed by atoms with E-state index in [0.717, 1.165) is 12.8 Å². The minimum absolute atomic E-state index is 0. The SMILES string of the molecule is CC(C)CC[C@H](N)c1cccc2c1OC(F)(F)O2.Cl. The van der Waals surface area contributed by atoms with Gasteiger partial charge in [0.2, 0.25) is 0 Å². The van der Waals surface area contributed by atoms with E-state index in [1.54, 1.807) is 12.1 Å². The second kappa shape index (κ2) is 5.92. The number of para-hydroxylation sites is 1. The van der Waals surface area contributed by atoms with E-state index < -0.39 is 6.29 Å². The molecule has 0 radical (unpaired) electrons. The molecule has 0 bridgehead atoms. The van der Waals surface area contributed by atoms with Crippen LogP contribution in [0.5, 0.6) is 11.5 Å². The van der Waals surface area contributed by atoms with Gasteiger partial charge in [0.05, 0.1) is 0 Å². The normalized spacial score (nSPS) is 17.2. The molecule has 0 saturated heterocycles. The Balaban J connectivity index is 0.00000180. The van der Waals surface area contributed by atoms with Crippen molar-refractivity contribution in [3.05, 3.63) is 23.8 Å². The van der Waals surface area contributed by atoms with Gasteiger partial charge in [-0.25, -0.2) is 0 Å². The standard InChI is InChI=1S/C13H17F2NO2.ClH/c1-8(2)6-7-10(16)9-4-3-5-11-12(9)18-13(14,15)17-11;/h3-5,8,10H,6-7,16H2,1-2H3;1H/t10-;/m0./s1. The van der Waals surface area contributed by atoms with Gasteiger partial charge in [0, 0.05) is 11.6 Å². The van der Waals surface area contributed by atoms with Crippen molar-refractivity contribution in [2.75, 3.05) is 0 Å². The average molecular weight is 294 g/mol. The third-order valence-electron chi connectivity index (χ3n) is 2.91. The number of nitrogens with two attached hydrogens (primary N) is 1. The highest BCUT2D eigenvalue weighted by atomic mass is 35.5. The van der Waals surface area contributed by atoms with Crippen LogP contribution in [0.1, 0.15) is 38.3 Å². The largest absolute Gasteiger partial charge is 0.586 e. The maximum Gasteiger partial charge on any atom is 0.586 e. The van der Waals surface area contributed by atoms with Crippen molar-refractivity contribution in [3.8, 4) is 11.5 Å². The Labute approximate surface area is 117 Å². The van der Waals surface area contributed by atoms with Crippen LogP contribution in [0.3, 0.4) is 0 Å². The van der Waals surface area contributed by atoms with E-state index in [-0.39, 0.29) is 29.9 Å².